The first-order valence-electron chi connectivity index (χ1n) is 11.9. The number of aromatic nitrogens is 3. The van der Waals surface area contributed by atoms with E-state index in [0.717, 1.165) is 39.2 Å². The number of aryl methyl sites for hydroxylation is 4. The van der Waals surface area contributed by atoms with E-state index >= 15 is 0 Å². The largest absolute Gasteiger partial charge is 0.493 e. The number of hydrazine groups is 1. The lowest BCUT2D eigenvalue weighted by molar-refractivity contribution is 0.307. The van der Waals surface area contributed by atoms with E-state index in [0.29, 0.717) is 25.1 Å². The molecule has 0 saturated carbocycles. The zero-order chi connectivity index (χ0) is 25.7. The number of nitrogens with zero attached hydrogens (tertiary/aromatic N) is 3. The molecular formula is C26H32N6O3S. The molecule has 10 heteroatoms. The lowest BCUT2D eigenvalue weighted by Crippen LogP contribution is -2.22. The molecule has 0 radical (unpaired) electrons. The monoisotopic (exact) mass is 508 g/mol. The molecule has 0 aliphatic heterocycles. The van der Waals surface area contributed by atoms with Crippen LogP contribution in [0.4, 0.5) is 11.4 Å². The quantitative estimate of drug-likeness (QED) is 0.196. The van der Waals surface area contributed by atoms with Crippen molar-refractivity contribution in [2.75, 3.05) is 28.0 Å². The number of ether oxygens (including phenoxy) is 1. The highest BCUT2D eigenvalue weighted by Crippen LogP contribution is 2.20. The summed E-state index contributed by atoms with van der Waals surface area (Å²) in [5, 5.41) is 8.29. The van der Waals surface area contributed by atoms with Crippen LogP contribution in [0.3, 0.4) is 0 Å². The molecule has 0 fully saturated rings. The van der Waals surface area contributed by atoms with E-state index in [2.05, 4.69) is 32.1 Å². The molecule has 36 heavy (non-hydrogen) atoms. The predicted molar refractivity (Wildman–Crippen MR) is 144 cm³/mol. The summed E-state index contributed by atoms with van der Waals surface area (Å²) < 4.78 is 33.4. The SMILES string of the molecule is Cc1ccc(OCCCCS(=O)(=O)Nc2ccc(NNn3nnc4cc(C)c(C)cc43)cc2)c(C)c1. The maximum atomic E-state index is 12.5. The van der Waals surface area contributed by atoms with Crippen molar-refractivity contribution in [2.45, 2.75) is 40.5 Å². The molecule has 0 aliphatic carbocycles. The molecule has 0 aliphatic rings. The highest BCUT2D eigenvalue weighted by molar-refractivity contribution is 7.92. The minimum atomic E-state index is -3.45. The third-order valence-electron chi connectivity index (χ3n) is 5.92. The van der Waals surface area contributed by atoms with Crippen molar-refractivity contribution in [3.8, 4) is 5.75 Å². The molecule has 190 valence electrons. The van der Waals surface area contributed by atoms with Crippen LogP contribution in [-0.2, 0) is 10.0 Å². The number of hydrogen-bond acceptors (Lipinski definition) is 7. The maximum Gasteiger partial charge on any atom is 0.232 e. The van der Waals surface area contributed by atoms with E-state index in [4.69, 9.17) is 4.74 Å². The third kappa shape index (κ3) is 6.45. The molecular weight excluding hydrogens is 476 g/mol. The fourth-order valence-electron chi connectivity index (χ4n) is 3.77. The molecule has 1 heterocycles. The average Bonchev–Trinajstić information content (AvgIpc) is 3.21. The Morgan fingerprint density at radius 1 is 0.861 bits per heavy atom. The molecule has 3 aromatic carbocycles. The van der Waals surface area contributed by atoms with Crippen molar-refractivity contribution in [1.82, 2.24) is 15.1 Å². The standard InChI is InChI=1S/C26H32N6O3S/c1-18-7-12-26(21(4)15-18)35-13-5-6-14-36(33,34)29-23-10-8-22(9-11-23)27-30-32-25-17-20(3)19(2)16-24(25)28-31-32/h7-12,15-17,27,29-30H,5-6,13-14H2,1-4H3. The number of hydrogen-bond donors (Lipinski definition) is 3. The lowest BCUT2D eigenvalue weighted by atomic mass is 10.1. The van der Waals surface area contributed by atoms with Crippen LogP contribution in [-0.4, -0.2) is 35.9 Å². The third-order valence-corrected chi connectivity index (χ3v) is 7.29. The van der Waals surface area contributed by atoms with E-state index in [-0.39, 0.29) is 5.75 Å². The Morgan fingerprint density at radius 3 is 2.33 bits per heavy atom. The summed E-state index contributed by atoms with van der Waals surface area (Å²) in [5.74, 6) is 0.871. The van der Waals surface area contributed by atoms with Crippen LogP contribution in [0, 0.1) is 27.7 Å². The second-order valence-electron chi connectivity index (χ2n) is 8.99. The molecule has 0 bridgehead atoms. The highest BCUT2D eigenvalue weighted by Gasteiger charge is 2.11. The van der Waals surface area contributed by atoms with Crippen LogP contribution in [0.25, 0.3) is 11.0 Å². The van der Waals surface area contributed by atoms with Gasteiger partial charge in [0.05, 0.1) is 18.0 Å². The summed E-state index contributed by atoms with van der Waals surface area (Å²) in [6.07, 6.45) is 1.16. The van der Waals surface area contributed by atoms with Gasteiger partial charge in [0.25, 0.3) is 0 Å². The first-order valence-corrected chi connectivity index (χ1v) is 13.5. The van der Waals surface area contributed by atoms with Crippen molar-refractivity contribution in [3.05, 3.63) is 76.9 Å². The molecule has 0 saturated heterocycles. The Morgan fingerprint density at radius 2 is 1.58 bits per heavy atom. The van der Waals surface area contributed by atoms with Crippen molar-refractivity contribution >= 4 is 32.4 Å². The average molecular weight is 509 g/mol. The van der Waals surface area contributed by atoms with Gasteiger partial charge in [0.15, 0.2) is 0 Å². The van der Waals surface area contributed by atoms with Crippen molar-refractivity contribution in [1.29, 1.82) is 0 Å². The van der Waals surface area contributed by atoms with Crippen molar-refractivity contribution < 1.29 is 13.2 Å². The van der Waals surface area contributed by atoms with Gasteiger partial charge in [-0.2, -0.15) is 0 Å². The van der Waals surface area contributed by atoms with E-state index in [1.807, 2.05) is 52.0 Å². The molecule has 9 nitrogen and oxygen atoms in total. The first kappa shape index (κ1) is 25.3. The molecule has 0 atom stereocenters. The number of sulfonamides is 1. The number of unbranched alkanes of at least 4 members (excludes halogenated alkanes) is 1. The first-order chi connectivity index (χ1) is 17.2. The molecule has 3 N–H and O–H groups in total. The van der Waals surface area contributed by atoms with Gasteiger partial charge >= 0.3 is 0 Å². The summed E-state index contributed by atoms with van der Waals surface area (Å²) in [6.45, 7) is 8.60. The smallest absolute Gasteiger partial charge is 0.232 e. The van der Waals surface area contributed by atoms with Gasteiger partial charge in [-0.3, -0.25) is 10.1 Å². The van der Waals surface area contributed by atoms with Crippen LogP contribution in [0.15, 0.2) is 54.6 Å². The summed E-state index contributed by atoms with van der Waals surface area (Å²) in [6, 6.07) is 17.0. The van der Waals surface area contributed by atoms with Gasteiger partial charge in [-0.1, -0.05) is 17.7 Å². The second-order valence-corrected chi connectivity index (χ2v) is 10.8. The normalized spacial score (nSPS) is 11.4. The maximum absolute atomic E-state index is 12.5. The zero-order valence-corrected chi connectivity index (χ0v) is 21.8. The van der Waals surface area contributed by atoms with Crippen molar-refractivity contribution in [2.24, 2.45) is 0 Å². The molecule has 0 unspecified atom stereocenters. The number of anilines is 2. The van der Waals surface area contributed by atoms with Gasteiger partial charge in [0.1, 0.15) is 16.8 Å². The van der Waals surface area contributed by atoms with Gasteiger partial charge in [0, 0.05) is 5.69 Å². The Hall–Kier alpha value is -3.79. The summed E-state index contributed by atoms with van der Waals surface area (Å²) in [4.78, 5) is 1.56. The fraction of sp³-hybridized carbons (Fsp3) is 0.308. The zero-order valence-electron chi connectivity index (χ0n) is 21.0. The Balaban J connectivity index is 1.23. The second kappa shape index (κ2) is 10.9. The lowest BCUT2D eigenvalue weighted by Gasteiger charge is -2.12. The molecule has 4 rings (SSSR count). The Kier molecular flexibility index (Phi) is 7.64. The number of benzene rings is 3. The van der Waals surface area contributed by atoms with Gasteiger partial charge in [-0.15, -0.1) is 9.89 Å². The van der Waals surface area contributed by atoms with Crippen LogP contribution >= 0.6 is 0 Å². The highest BCUT2D eigenvalue weighted by atomic mass is 32.2. The van der Waals surface area contributed by atoms with Crippen LogP contribution < -0.4 is 20.4 Å². The number of rotatable bonds is 11. The Bertz CT molecular complexity index is 1450. The summed E-state index contributed by atoms with van der Waals surface area (Å²) in [5.41, 5.74) is 13.5. The summed E-state index contributed by atoms with van der Waals surface area (Å²) in [7, 11) is -3.45. The topological polar surface area (TPSA) is 110 Å². The molecule has 0 amide bonds. The van der Waals surface area contributed by atoms with Gasteiger partial charge in [-0.05, 0) is 105 Å². The van der Waals surface area contributed by atoms with Crippen LogP contribution in [0.2, 0.25) is 0 Å². The van der Waals surface area contributed by atoms with Crippen LogP contribution in [0.1, 0.15) is 35.1 Å². The van der Waals surface area contributed by atoms with Gasteiger partial charge in [0.2, 0.25) is 10.0 Å². The summed E-state index contributed by atoms with van der Waals surface area (Å²) >= 11 is 0. The van der Waals surface area contributed by atoms with E-state index in [1.165, 1.54) is 5.56 Å². The predicted octanol–water partition coefficient (Wildman–Crippen LogP) is 4.84. The number of nitrogens with one attached hydrogen (secondary N) is 3. The molecule has 4 aromatic rings. The van der Waals surface area contributed by atoms with Crippen molar-refractivity contribution in [3.63, 3.8) is 0 Å². The van der Waals surface area contributed by atoms with Gasteiger partial charge in [-0.25, -0.2) is 14.0 Å². The molecule has 0 spiro atoms. The fourth-order valence-corrected chi connectivity index (χ4v) is 4.95. The van der Waals surface area contributed by atoms with Crippen LogP contribution in [0.5, 0.6) is 5.75 Å². The van der Waals surface area contributed by atoms with E-state index in [1.54, 1.807) is 29.1 Å². The van der Waals surface area contributed by atoms with E-state index in [9.17, 15) is 8.42 Å². The Labute approximate surface area is 211 Å². The minimum Gasteiger partial charge on any atom is -0.493 e. The van der Waals surface area contributed by atoms with Gasteiger partial charge < -0.3 is 4.74 Å². The minimum absolute atomic E-state index is 0.0308. The number of fused-ring (bicyclic) bond motifs is 1. The molecule has 1 aromatic heterocycles. The van der Waals surface area contributed by atoms with E-state index < -0.39 is 10.0 Å².